The van der Waals surface area contributed by atoms with Gasteiger partial charge in [0.15, 0.2) is 0 Å². The third-order valence-electron chi connectivity index (χ3n) is 3.27. The number of anilines is 1. The molecular weight excluding hydrogens is 230 g/mol. The lowest BCUT2D eigenvalue weighted by Gasteiger charge is -2.29. The first-order valence-corrected chi connectivity index (χ1v) is 6.14. The number of hydrogen-bond acceptors (Lipinski definition) is 2. The summed E-state index contributed by atoms with van der Waals surface area (Å²) in [7, 11) is 0. The normalized spacial score (nSPS) is 14.8. The molecule has 1 N–H and O–H groups in total. The predicted molar refractivity (Wildman–Crippen MR) is 68.8 cm³/mol. The minimum atomic E-state index is -0.980. The van der Waals surface area contributed by atoms with Crippen LogP contribution in [-0.4, -0.2) is 23.5 Å². The lowest BCUT2D eigenvalue weighted by atomic mass is 9.95. The number of benzene rings is 1. The Bertz CT molecular complexity index is 494. The molecule has 96 valence electrons. The van der Waals surface area contributed by atoms with Crippen molar-refractivity contribution in [3.63, 3.8) is 0 Å². The number of hydrogen-bond donors (Lipinski definition) is 1. The van der Waals surface area contributed by atoms with E-state index in [2.05, 4.69) is 19.9 Å². The molecule has 1 aliphatic heterocycles. The van der Waals surface area contributed by atoms with E-state index >= 15 is 0 Å². The fourth-order valence-electron chi connectivity index (χ4n) is 2.22. The predicted octanol–water partition coefficient (Wildman–Crippen LogP) is 2.17. The second-order valence-corrected chi connectivity index (χ2v) is 4.92. The van der Waals surface area contributed by atoms with Gasteiger partial charge in [-0.05, 0) is 29.5 Å². The molecule has 0 atom stereocenters. The summed E-state index contributed by atoms with van der Waals surface area (Å²) in [6.45, 7) is 3.90. The topological polar surface area (TPSA) is 57.6 Å². The van der Waals surface area contributed by atoms with Gasteiger partial charge in [0.05, 0.1) is 0 Å². The minimum Gasteiger partial charge on any atom is -0.480 e. The van der Waals surface area contributed by atoms with Crippen molar-refractivity contribution in [1.29, 1.82) is 0 Å². The SMILES string of the molecule is CC(C)c1ccc2c(c1)N(CC(=O)O)C(=O)CC2. The third kappa shape index (κ3) is 2.37. The molecule has 1 amide bonds. The molecule has 0 spiro atoms. The smallest absolute Gasteiger partial charge is 0.323 e. The summed E-state index contributed by atoms with van der Waals surface area (Å²) < 4.78 is 0. The molecule has 4 heteroatoms. The molecule has 0 saturated heterocycles. The van der Waals surface area contributed by atoms with Crippen LogP contribution in [0.5, 0.6) is 0 Å². The Balaban J connectivity index is 2.43. The van der Waals surface area contributed by atoms with Gasteiger partial charge in [0.1, 0.15) is 6.54 Å². The van der Waals surface area contributed by atoms with E-state index in [1.807, 2.05) is 12.1 Å². The Morgan fingerprint density at radius 2 is 2.11 bits per heavy atom. The molecule has 1 heterocycles. The minimum absolute atomic E-state index is 0.106. The first kappa shape index (κ1) is 12.6. The molecule has 1 aromatic carbocycles. The van der Waals surface area contributed by atoms with Gasteiger partial charge in [-0.2, -0.15) is 0 Å². The molecule has 18 heavy (non-hydrogen) atoms. The number of amides is 1. The maximum atomic E-state index is 11.8. The van der Waals surface area contributed by atoms with E-state index in [1.165, 1.54) is 4.90 Å². The van der Waals surface area contributed by atoms with Gasteiger partial charge in [-0.25, -0.2) is 0 Å². The molecule has 4 nitrogen and oxygen atoms in total. The maximum absolute atomic E-state index is 11.8. The number of carbonyl (C=O) groups is 2. The Morgan fingerprint density at radius 3 is 2.72 bits per heavy atom. The largest absolute Gasteiger partial charge is 0.480 e. The molecule has 0 saturated carbocycles. The highest BCUT2D eigenvalue weighted by Crippen LogP contribution is 2.30. The number of nitrogens with zero attached hydrogens (tertiary/aromatic N) is 1. The summed E-state index contributed by atoms with van der Waals surface area (Å²) >= 11 is 0. The number of aliphatic carboxylic acids is 1. The van der Waals surface area contributed by atoms with Crippen molar-refractivity contribution < 1.29 is 14.7 Å². The van der Waals surface area contributed by atoms with Crippen LogP contribution >= 0.6 is 0 Å². The zero-order valence-electron chi connectivity index (χ0n) is 10.6. The van der Waals surface area contributed by atoms with Gasteiger partial charge in [-0.1, -0.05) is 26.0 Å². The number of carboxylic acids is 1. The van der Waals surface area contributed by atoms with Crippen LogP contribution in [0.2, 0.25) is 0 Å². The van der Waals surface area contributed by atoms with E-state index in [-0.39, 0.29) is 12.5 Å². The van der Waals surface area contributed by atoms with Gasteiger partial charge in [-0.15, -0.1) is 0 Å². The van der Waals surface area contributed by atoms with E-state index < -0.39 is 5.97 Å². The summed E-state index contributed by atoms with van der Waals surface area (Å²) in [6.07, 6.45) is 1.09. The third-order valence-corrected chi connectivity index (χ3v) is 3.27. The summed E-state index contributed by atoms with van der Waals surface area (Å²) in [5.74, 6) is -0.726. The Labute approximate surface area is 106 Å². The van der Waals surface area contributed by atoms with Gasteiger partial charge in [-0.3, -0.25) is 9.59 Å². The average Bonchev–Trinajstić information content (AvgIpc) is 2.31. The average molecular weight is 247 g/mol. The first-order valence-electron chi connectivity index (χ1n) is 6.14. The summed E-state index contributed by atoms with van der Waals surface area (Å²) in [6, 6.07) is 6.00. The lowest BCUT2D eigenvalue weighted by Crippen LogP contribution is -2.39. The van der Waals surface area contributed by atoms with Gasteiger partial charge in [0.25, 0.3) is 0 Å². The number of fused-ring (bicyclic) bond motifs is 1. The summed E-state index contributed by atoms with van der Waals surface area (Å²) in [5, 5.41) is 8.89. The molecule has 0 bridgehead atoms. The van der Waals surface area contributed by atoms with Crippen molar-refractivity contribution in [2.45, 2.75) is 32.6 Å². The second-order valence-electron chi connectivity index (χ2n) is 4.92. The van der Waals surface area contributed by atoms with Gasteiger partial charge in [0, 0.05) is 12.1 Å². The van der Waals surface area contributed by atoms with Crippen LogP contribution in [0.15, 0.2) is 18.2 Å². The molecule has 0 radical (unpaired) electrons. The van der Waals surface area contributed by atoms with Gasteiger partial charge < -0.3 is 10.0 Å². The van der Waals surface area contributed by atoms with Crippen LogP contribution in [-0.2, 0) is 16.0 Å². The van der Waals surface area contributed by atoms with Crippen molar-refractivity contribution in [2.24, 2.45) is 0 Å². The van der Waals surface area contributed by atoms with E-state index in [0.29, 0.717) is 18.8 Å². The number of aryl methyl sites for hydroxylation is 1. The van der Waals surface area contributed by atoms with Crippen LogP contribution < -0.4 is 4.90 Å². The van der Waals surface area contributed by atoms with Crippen molar-refractivity contribution >= 4 is 17.6 Å². The fourth-order valence-corrected chi connectivity index (χ4v) is 2.22. The van der Waals surface area contributed by atoms with E-state index in [0.717, 1.165) is 16.8 Å². The Morgan fingerprint density at radius 1 is 1.39 bits per heavy atom. The van der Waals surface area contributed by atoms with Crippen LogP contribution in [0.25, 0.3) is 0 Å². The highest BCUT2D eigenvalue weighted by Gasteiger charge is 2.26. The first-order chi connectivity index (χ1) is 8.49. The highest BCUT2D eigenvalue weighted by molar-refractivity contribution is 6.00. The monoisotopic (exact) mass is 247 g/mol. The van der Waals surface area contributed by atoms with E-state index in [4.69, 9.17) is 5.11 Å². The number of carboxylic acid groups (broad SMARTS) is 1. The van der Waals surface area contributed by atoms with Crippen molar-refractivity contribution in [3.8, 4) is 0 Å². The maximum Gasteiger partial charge on any atom is 0.323 e. The fraction of sp³-hybridized carbons (Fsp3) is 0.429. The molecule has 0 unspecified atom stereocenters. The number of rotatable bonds is 3. The van der Waals surface area contributed by atoms with Crippen molar-refractivity contribution in [3.05, 3.63) is 29.3 Å². The molecule has 0 aromatic heterocycles. The molecule has 0 fully saturated rings. The van der Waals surface area contributed by atoms with Crippen LogP contribution in [0.3, 0.4) is 0 Å². The second kappa shape index (κ2) is 4.80. The Kier molecular flexibility index (Phi) is 3.36. The molecule has 1 aromatic rings. The van der Waals surface area contributed by atoms with E-state index in [9.17, 15) is 9.59 Å². The standard InChI is InChI=1S/C14H17NO3/c1-9(2)11-4-3-10-5-6-13(16)15(8-14(17)18)12(10)7-11/h3-4,7,9H,5-6,8H2,1-2H3,(H,17,18). The summed E-state index contributed by atoms with van der Waals surface area (Å²) in [5.41, 5.74) is 2.94. The lowest BCUT2D eigenvalue weighted by molar-refractivity contribution is -0.136. The molecule has 0 aliphatic carbocycles. The Hall–Kier alpha value is -1.84. The molecule has 2 rings (SSSR count). The van der Waals surface area contributed by atoms with Crippen molar-refractivity contribution in [2.75, 3.05) is 11.4 Å². The molecular formula is C14H17NO3. The van der Waals surface area contributed by atoms with Crippen molar-refractivity contribution in [1.82, 2.24) is 0 Å². The summed E-state index contributed by atoms with van der Waals surface area (Å²) in [4.78, 5) is 24.1. The van der Waals surface area contributed by atoms with Gasteiger partial charge in [0.2, 0.25) is 5.91 Å². The van der Waals surface area contributed by atoms with Crippen LogP contribution in [0.4, 0.5) is 5.69 Å². The van der Waals surface area contributed by atoms with Crippen LogP contribution in [0.1, 0.15) is 37.3 Å². The number of carbonyl (C=O) groups excluding carboxylic acids is 1. The van der Waals surface area contributed by atoms with Crippen LogP contribution in [0, 0.1) is 0 Å². The van der Waals surface area contributed by atoms with Gasteiger partial charge >= 0.3 is 5.97 Å². The quantitative estimate of drug-likeness (QED) is 0.890. The van der Waals surface area contributed by atoms with E-state index in [1.54, 1.807) is 0 Å². The zero-order valence-corrected chi connectivity index (χ0v) is 10.6. The molecule has 1 aliphatic rings. The highest BCUT2D eigenvalue weighted by atomic mass is 16.4. The zero-order chi connectivity index (χ0) is 13.3.